The maximum absolute atomic E-state index is 13.4. The standard InChI is InChI=1S/C29H44N2O4/c1-29(2,19-28(34)35)18-27(33)30(20-21-7-4-3-5-8-21)13-14-31-24-11-12-25(31)16-23(15-24)22-9-6-10-26(32)17-22/h6,9-10,17,21,23-25,32H,3-5,7-8,11-16,18-20H2,1-2H3,(H,34,35). The van der Waals surface area contributed by atoms with Gasteiger partial charge in [0.25, 0.3) is 0 Å². The Morgan fingerprint density at radius 3 is 2.34 bits per heavy atom. The fraction of sp³-hybridized carbons (Fsp3) is 0.724. The van der Waals surface area contributed by atoms with Crippen molar-refractivity contribution in [2.45, 2.75) is 102 Å². The summed E-state index contributed by atoms with van der Waals surface area (Å²) >= 11 is 0. The summed E-state index contributed by atoms with van der Waals surface area (Å²) in [4.78, 5) is 29.4. The van der Waals surface area contributed by atoms with Gasteiger partial charge in [0, 0.05) is 38.1 Å². The summed E-state index contributed by atoms with van der Waals surface area (Å²) in [5.41, 5.74) is 0.711. The number of carbonyl (C=O) groups is 2. The van der Waals surface area contributed by atoms with Crippen LogP contribution in [0.15, 0.2) is 24.3 Å². The molecule has 1 saturated carbocycles. The van der Waals surface area contributed by atoms with Gasteiger partial charge in [0.2, 0.25) is 5.91 Å². The highest BCUT2D eigenvalue weighted by molar-refractivity contribution is 5.78. The zero-order chi connectivity index (χ0) is 25.0. The zero-order valence-corrected chi connectivity index (χ0v) is 21.6. The molecule has 1 amide bonds. The average molecular weight is 485 g/mol. The number of aromatic hydroxyl groups is 1. The summed E-state index contributed by atoms with van der Waals surface area (Å²) in [6, 6.07) is 8.82. The van der Waals surface area contributed by atoms with E-state index in [9.17, 15) is 19.8 Å². The largest absolute Gasteiger partial charge is 0.508 e. The van der Waals surface area contributed by atoms with E-state index >= 15 is 0 Å². The molecule has 2 bridgehead atoms. The van der Waals surface area contributed by atoms with Crippen LogP contribution in [0, 0.1) is 11.3 Å². The van der Waals surface area contributed by atoms with Gasteiger partial charge >= 0.3 is 5.97 Å². The highest BCUT2D eigenvalue weighted by Gasteiger charge is 2.41. The van der Waals surface area contributed by atoms with E-state index in [0.29, 0.717) is 36.1 Å². The van der Waals surface area contributed by atoms with Crippen molar-refractivity contribution in [1.29, 1.82) is 0 Å². The predicted molar refractivity (Wildman–Crippen MR) is 137 cm³/mol. The van der Waals surface area contributed by atoms with Crippen molar-refractivity contribution in [3.63, 3.8) is 0 Å². The molecular formula is C29H44N2O4. The predicted octanol–water partition coefficient (Wildman–Crippen LogP) is 5.40. The lowest BCUT2D eigenvalue weighted by Gasteiger charge is -2.41. The normalized spacial score (nSPS) is 25.5. The topological polar surface area (TPSA) is 81.1 Å². The van der Waals surface area contributed by atoms with Crippen LogP contribution < -0.4 is 0 Å². The van der Waals surface area contributed by atoms with E-state index in [1.807, 2.05) is 26.0 Å². The lowest BCUT2D eigenvalue weighted by Crippen LogP contribution is -2.48. The molecule has 3 aliphatic rings. The third-order valence-corrected chi connectivity index (χ3v) is 8.67. The van der Waals surface area contributed by atoms with Crippen LogP contribution in [0.4, 0.5) is 0 Å². The van der Waals surface area contributed by atoms with Gasteiger partial charge in [0.05, 0.1) is 6.42 Å². The number of piperidine rings is 1. The van der Waals surface area contributed by atoms with E-state index in [1.165, 1.54) is 50.5 Å². The molecule has 2 N–H and O–H groups in total. The Morgan fingerprint density at radius 1 is 1.03 bits per heavy atom. The van der Waals surface area contributed by atoms with Gasteiger partial charge in [0.1, 0.15) is 5.75 Å². The van der Waals surface area contributed by atoms with Crippen molar-refractivity contribution in [3.8, 4) is 5.75 Å². The molecule has 0 aromatic heterocycles. The number of carboxylic acids is 1. The molecular weight excluding hydrogens is 440 g/mol. The molecule has 35 heavy (non-hydrogen) atoms. The van der Waals surface area contributed by atoms with Crippen LogP contribution in [-0.4, -0.2) is 63.6 Å². The highest BCUT2D eigenvalue weighted by atomic mass is 16.4. The van der Waals surface area contributed by atoms with Crippen LogP contribution in [-0.2, 0) is 9.59 Å². The lowest BCUT2D eigenvalue weighted by atomic mass is 9.84. The van der Waals surface area contributed by atoms with E-state index in [0.717, 1.165) is 32.5 Å². The van der Waals surface area contributed by atoms with E-state index in [4.69, 9.17) is 0 Å². The molecule has 3 fully saturated rings. The van der Waals surface area contributed by atoms with Crippen molar-refractivity contribution in [3.05, 3.63) is 29.8 Å². The maximum Gasteiger partial charge on any atom is 0.303 e. The van der Waals surface area contributed by atoms with Crippen LogP contribution in [0.5, 0.6) is 5.75 Å². The number of benzene rings is 1. The zero-order valence-electron chi connectivity index (χ0n) is 21.6. The van der Waals surface area contributed by atoms with E-state index in [1.54, 1.807) is 6.07 Å². The van der Waals surface area contributed by atoms with E-state index in [2.05, 4.69) is 15.9 Å². The molecule has 6 heteroatoms. The SMILES string of the molecule is CC(C)(CC(=O)O)CC(=O)N(CCN1C2CCC1CC(c1cccc(O)c1)C2)CC1CCCCC1. The Bertz CT molecular complexity index is 865. The van der Waals surface area contributed by atoms with Crippen molar-refractivity contribution in [2.75, 3.05) is 19.6 Å². The number of carboxylic acid groups (broad SMARTS) is 1. The first-order valence-electron chi connectivity index (χ1n) is 13.7. The first-order chi connectivity index (χ1) is 16.7. The van der Waals surface area contributed by atoms with Crippen molar-refractivity contribution in [1.82, 2.24) is 9.80 Å². The van der Waals surface area contributed by atoms with Crippen molar-refractivity contribution in [2.24, 2.45) is 11.3 Å². The van der Waals surface area contributed by atoms with E-state index in [-0.39, 0.29) is 12.3 Å². The number of phenols is 1. The molecule has 2 heterocycles. The van der Waals surface area contributed by atoms with E-state index < -0.39 is 11.4 Å². The minimum Gasteiger partial charge on any atom is -0.508 e. The number of amides is 1. The lowest BCUT2D eigenvalue weighted by molar-refractivity contribution is -0.141. The molecule has 1 aromatic rings. The Labute approximate surface area is 210 Å². The third kappa shape index (κ3) is 6.99. The second-order valence-electron chi connectivity index (χ2n) is 12.1. The van der Waals surface area contributed by atoms with Crippen LogP contribution in [0.2, 0.25) is 0 Å². The van der Waals surface area contributed by atoms with Gasteiger partial charge in [-0.3, -0.25) is 14.5 Å². The number of aliphatic carboxylic acids is 1. The fourth-order valence-corrected chi connectivity index (χ4v) is 6.92. The summed E-state index contributed by atoms with van der Waals surface area (Å²) in [7, 11) is 0. The van der Waals surface area contributed by atoms with Crippen LogP contribution in [0.25, 0.3) is 0 Å². The second-order valence-corrected chi connectivity index (χ2v) is 12.1. The Hall–Kier alpha value is -2.08. The number of carbonyl (C=O) groups excluding carboxylic acids is 1. The van der Waals surface area contributed by atoms with Crippen molar-refractivity contribution >= 4 is 11.9 Å². The number of rotatable bonds is 10. The monoisotopic (exact) mass is 484 g/mol. The molecule has 1 aromatic carbocycles. The summed E-state index contributed by atoms with van der Waals surface area (Å²) in [6.45, 7) is 6.24. The fourth-order valence-electron chi connectivity index (χ4n) is 6.92. The van der Waals surface area contributed by atoms with Gasteiger partial charge in [-0.25, -0.2) is 0 Å². The first-order valence-corrected chi connectivity index (χ1v) is 13.7. The molecule has 194 valence electrons. The van der Waals surface area contributed by atoms with Gasteiger partial charge in [-0.15, -0.1) is 0 Å². The first kappa shape index (κ1) is 26.0. The molecule has 6 nitrogen and oxygen atoms in total. The van der Waals surface area contributed by atoms with Gasteiger partial charge in [0.15, 0.2) is 0 Å². The molecule has 2 atom stereocenters. The van der Waals surface area contributed by atoms with Gasteiger partial charge < -0.3 is 15.1 Å². The molecule has 0 spiro atoms. The summed E-state index contributed by atoms with van der Waals surface area (Å²) < 4.78 is 0. The smallest absolute Gasteiger partial charge is 0.303 e. The maximum atomic E-state index is 13.4. The third-order valence-electron chi connectivity index (χ3n) is 8.67. The summed E-state index contributed by atoms with van der Waals surface area (Å²) in [5, 5.41) is 19.2. The van der Waals surface area contributed by atoms with Crippen LogP contribution in [0.1, 0.15) is 96.0 Å². The molecule has 0 radical (unpaired) electrons. The van der Waals surface area contributed by atoms with Crippen LogP contribution >= 0.6 is 0 Å². The Balaban J connectivity index is 1.38. The second kappa shape index (κ2) is 11.3. The van der Waals surface area contributed by atoms with Crippen molar-refractivity contribution < 1.29 is 19.8 Å². The Kier molecular flexibility index (Phi) is 8.41. The minimum atomic E-state index is -0.840. The number of nitrogens with zero attached hydrogens (tertiary/aromatic N) is 2. The number of phenolic OH excluding ortho intramolecular Hbond substituents is 1. The van der Waals surface area contributed by atoms with Gasteiger partial charge in [-0.2, -0.15) is 0 Å². The Morgan fingerprint density at radius 2 is 1.71 bits per heavy atom. The minimum absolute atomic E-state index is 0.0166. The molecule has 1 aliphatic carbocycles. The molecule has 4 rings (SSSR count). The molecule has 2 saturated heterocycles. The number of hydrogen-bond acceptors (Lipinski definition) is 4. The molecule has 2 aliphatic heterocycles. The van der Waals surface area contributed by atoms with Gasteiger partial charge in [-0.05, 0) is 73.5 Å². The molecule has 2 unspecified atom stereocenters. The highest BCUT2D eigenvalue weighted by Crippen LogP contribution is 2.43. The van der Waals surface area contributed by atoms with Crippen LogP contribution in [0.3, 0.4) is 0 Å². The average Bonchev–Trinajstić information content (AvgIpc) is 3.02. The summed E-state index contributed by atoms with van der Waals surface area (Å²) in [6.07, 6.45) is 11.2. The number of fused-ring (bicyclic) bond motifs is 2. The van der Waals surface area contributed by atoms with Gasteiger partial charge in [-0.1, -0.05) is 45.2 Å². The summed E-state index contributed by atoms with van der Waals surface area (Å²) in [5.74, 6) is 0.688. The number of hydrogen-bond donors (Lipinski definition) is 2. The quantitative estimate of drug-likeness (QED) is 0.465.